The van der Waals surface area contributed by atoms with Crippen molar-refractivity contribution in [3.8, 4) is 28.5 Å². The third kappa shape index (κ3) is 2.82. The molecule has 2 heteroatoms. The molecule has 0 bridgehead atoms. The predicted octanol–water partition coefficient (Wildman–Crippen LogP) is 4.60. The maximum absolute atomic E-state index is 8.88. The Balaban J connectivity index is 2.07. The van der Waals surface area contributed by atoms with E-state index in [1.807, 2.05) is 49.4 Å². The zero-order chi connectivity index (χ0) is 14.7. The number of aryl methyl sites for hydroxylation is 1. The normalized spacial score (nSPS) is 10.1. The lowest BCUT2D eigenvalue weighted by Crippen LogP contribution is -1.89. The van der Waals surface area contributed by atoms with Gasteiger partial charge in [0, 0.05) is 11.3 Å². The van der Waals surface area contributed by atoms with Crippen molar-refractivity contribution in [2.45, 2.75) is 6.92 Å². The van der Waals surface area contributed by atoms with Crippen LogP contribution in [0.25, 0.3) is 22.4 Å². The second-order valence-corrected chi connectivity index (χ2v) is 4.94. The summed E-state index contributed by atoms with van der Waals surface area (Å²) in [6, 6.07) is 24.1. The van der Waals surface area contributed by atoms with Crippen molar-refractivity contribution in [2.75, 3.05) is 0 Å². The minimum absolute atomic E-state index is 0.674. The quantitative estimate of drug-likeness (QED) is 0.682. The fourth-order valence-corrected chi connectivity index (χ4v) is 2.33. The summed E-state index contributed by atoms with van der Waals surface area (Å²) < 4.78 is 0. The highest BCUT2D eigenvalue weighted by Crippen LogP contribution is 2.26. The number of rotatable bonds is 2. The first-order valence-electron chi connectivity index (χ1n) is 6.81. The van der Waals surface area contributed by atoms with E-state index in [1.54, 1.807) is 0 Å². The molecular weight excluding hydrogens is 256 g/mol. The predicted molar refractivity (Wildman–Crippen MR) is 84.6 cm³/mol. The van der Waals surface area contributed by atoms with E-state index in [0.29, 0.717) is 5.56 Å². The van der Waals surface area contributed by atoms with E-state index in [9.17, 15) is 0 Å². The summed E-state index contributed by atoms with van der Waals surface area (Å²) in [5.41, 5.74) is 5.94. The summed E-state index contributed by atoms with van der Waals surface area (Å²) in [4.78, 5) is 4.61. The molecule has 0 radical (unpaired) electrons. The van der Waals surface area contributed by atoms with Gasteiger partial charge in [0.2, 0.25) is 0 Å². The van der Waals surface area contributed by atoms with Crippen LogP contribution in [-0.2, 0) is 0 Å². The smallest absolute Gasteiger partial charge is 0.0991 e. The van der Waals surface area contributed by atoms with E-state index in [1.165, 1.54) is 0 Å². The molecule has 2 nitrogen and oxygen atoms in total. The van der Waals surface area contributed by atoms with Gasteiger partial charge in [-0.2, -0.15) is 5.26 Å². The van der Waals surface area contributed by atoms with Crippen LogP contribution in [0.5, 0.6) is 0 Å². The fraction of sp³-hybridized carbons (Fsp3) is 0.0526. The van der Waals surface area contributed by atoms with Crippen LogP contribution in [0.4, 0.5) is 0 Å². The molecule has 0 saturated heterocycles. The Morgan fingerprint density at radius 1 is 0.810 bits per heavy atom. The van der Waals surface area contributed by atoms with Gasteiger partial charge >= 0.3 is 0 Å². The summed E-state index contributed by atoms with van der Waals surface area (Å²) in [5, 5.41) is 8.88. The number of hydrogen-bond donors (Lipinski definition) is 0. The lowest BCUT2D eigenvalue weighted by atomic mass is 10.0. The number of benzene rings is 2. The molecule has 0 N–H and O–H groups in total. The van der Waals surface area contributed by atoms with Gasteiger partial charge < -0.3 is 0 Å². The summed E-state index contributed by atoms with van der Waals surface area (Å²) in [6.45, 7) is 2.00. The molecule has 0 aliphatic carbocycles. The second kappa shape index (κ2) is 5.60. The molecular formula is C19H14N2. The largest absolute Gasteiger partial charge is 0.253 e. The molecule has 0 fully saturated rings. The lowest BCUT2D eigenvalue weighted by Gasteiger charge is -2.07. The van der Waals surface area contributed by atoms with Crippen molar-refractivity contribution in [2.24, 2.45) is 0 Å². The Bertz CT molecular complexity index is 797. The number of aromatic nitrogens is 1. The van der Waals surface area contributed by atoms with Gasteiger partial charge in [-0.25, -0.2) is 0 Å². The van der Waals surface area contributed by atoms with Crippen molar-refractivity contribution in [1.29, 1.82) is 5.26 Å². The first-order valence-corrected chi connectivity index (χ1v) is 6.81. The van der Waals surface area contributed by atoms with Gasteiger partial charge in [-0.3, -0.25) is 4.98 Å². The van der Waals surface area contributed by atoms with Crippen LogP contribution in [0.15, 0.2) is 66.7 Å². The molecule has 2 aromatic carbocycles. The van der Waals surface area contributed by atoms with Crippen LogP contribution in [0.1, 0.15) is 11.3 Å². The van der Waals surface area contributed by atoms with E-state index in [4.69, 9.17) is 5.26 Å². The van der Waals surface area contributed by atoms with Crippen LogP contribution in [0, 0.1) is 18.3 Å². The monoisotopic (exact) mass is 270 g/mol. The van der Waals surface area contributed by atoms with Crippen molar-refractivity contribution >= 4 is 0 Å². The third-order valence-corrected chi connectivity index (χ3v) is 3.37. The van der Waals surface area contributed by atoms with Gasteiger partial charge in [-0.15, -0.1) is 0 Å². The Labute approximate surface area is 124 Å². The molecule has 0 atom stereocenters. The molecule has 0 aliphatic rings. The Hall–Kier alpha value is -2.92. The van der Waals surface area contributed by atoms with E-state index < -0.39 is 0 Å². The fourth-order valence-electron chi connectivity index (χ4n) is 2.33. The van der Waals surface area contributed by atoms with Crippen LogP contribution in [0.3, 0.4) is 0 Å². The van der Waals surface area contributed by atoms with Crippen molar-refractivity contribution in [1.82, 2.24) is 4.98 Å². The van der Waals surface area contributed by atoms with E-state index >= 15 is 0 Å². The molecule has 0 unspecified atom stereocenters. The summed E-state index contributed by atoms with van der Waals surface area (Å²) in [6.07, 6.45) is 0. The highest BCUT2D eigenvalue weighted by Gasteiger charge is 2.05. The number of nitrogens with zero attached hydrogens (tertiary/aromatic N) is 2. The molecule has 0 spiro atoms. The van der Waals surface area contributed by atoms with Gasteiger partial charge in [-0.1, -0.05) is 42.5 Å². The van der Waals surface area contributed by atoms with Gasteiger partial charge in [0.25, 0.3) is 0 Å². The van der Waals surface area contributed by atoms with Crippen molar-refractivity contribution in [3.05, 3.63) is 78.0 Å². The maximum atomic E-state index is 8.88. The average Bonchev–Trinajstić information content (AvgIpc) is 2.55. The molecule has 0 amide bonds. The summed E-state index contributed by atoms with van der Waals surface area (Å²) in [5.74, 6) is 0. The zero-order valence-corrected chi connectivity index (χ0v) is 11.7. The third-order valence-electron chi connectivity index (χ3n) is 3.37. The summed E-state index contributed by atoms with van der Waals surface area (Å²) >= 11 is 0. The summed E-state index contributed by atoms with van der Waals surface area (Å²) in [7, 11) is 0. The average molecular weight is 270 g/mol. The molecule has 0 saturated carbocycles. The van der Waals surface area contributed by atoms with Crippen molar-refractivity contribution in [3.63, 3.8) is 0 Å². The highest BCUT2D eigenvalue weighted by atomic mass is 14.7. The number of pyridine rings is 1. The first-order chi connectivity index (χ1) is 10.3. The molecule has 1 heterocycles. The van der Waals surface area contributed by atoms with Gasteiger partial charge in [0.1, 0.15) is 0 Å². The molecule has 1 aromatic heterocycles. The Kier molecular flexibility index (Phi) is 3.49. The van der Waals surface area contributed by atoms with Crippen molar-refractivity contribution < 1.29 is 0 Å². The van der Waals surface area contributed by atoms with Gasteiger partial charge in [-0.05, 0) is 42.3 Å². The maximum Gasteiger partial charge on any atom is 0.0991 e. The Morgan fingerprint density at radius 3 is 2.19 bits per heavy atom. The second-order valence-electron chi connectivity index (χ2n) is 4.94. The van der Waals surface area contributed by atoms with Crippen LogP contribution >= 0.6 is 0 Å². The zero-order valence-electron chi connectivity index (χ0n) is 11.7. The molecule has 3 rings (SSSR count). The Morgan fingerprint density at radius 2 is 1.52 bits per heavy atom. The SMILES string of the molecule is Cc1cc(-c2ccc(C#N)cc2)cc(-c2ccccc2)n1. The molecule has 0 aliphatic heterocycles. The van der Waals surface area contributed by atoms with Crippen LogP contribution in [-0.4, -0.2) is 4.98 Å². The van der Waals surface area contributed by atoms with E-state index in [-0.39, 0.29) is 0 Å². The number of nitriles is 1. The molecule has 100 valence electrons. The van der Waals surface area contributed by atoms with Crippen LogP contribution < -0.4 is 0 Å². The van der Waals surface area contributed by atoms with E-state index in [0.717, 1.165) is 28.1 Å². The molecule has 21 heavy (non-hydrogen) atoms. The highest BCUT2D eigenvalue weighted by molar-refractivity contribution is 5.71. The minimum Gasteiger partial charge on any atom is -0.253 e. The standard InChI is InChI=1S/C19H14N2/c1-14-11-18(16-9-7-15(13-20)8-10-16)12-19(21-14)17-5-3-2-4-6-17/h2-12H,1H3. The molecule has 3 aromatic rings. The first kappa shape index (κ1) is 13.1. The van der Waals surface area contributed by atoms with Crippen LogP contribution in [0.2, 0.25) is 0 Å². The van der Waals surface area contributed by atoms with E-state index in [2.05, 4.69) is 35.3 Å². The van der Waals surface area contributed by atoms with Gasteiger partial charge in [0.05, 0.1) is 17.3 Å². The lowest BCUT2D eigenvalue weighted by molar-refractivity contribution is 1.21. The van der Waals surface area contributed by atoms with Gasteiger partial charge in [0.15, 0.2) is 0 Å². The topological polar surface area (TPSA) is 36.7 Å². The number of hydrogen-bond acceptors (Lipinski definition) is 2. The minimum atomic E-state index is 0.674.